The zero-order valence-corrected chi connectivity index (χ0v) is 12.2. The van der Waals surface area contributed by atoms with E-state index in [4.69, 9.17) is 4.98 Å². The van der Waals surface area contributed by atoms with Crippen molar-refractivity contribution in [3.63, 3.8) is 0 Å². The van der Waals surface area contributed by atoms with Crippen LogP contribution in [0.5, 0.6) is 0 Å². The zero-order valence-electron chi connectivity index (χ0n) is 11.4. The van der Waals surface area contributed by atoms with Gasteiger partial charge in [-0.15, -0.1) is 0 Å². The SMILES string of the molecule is c1ccc2nc(N3CC(N4CCSCC4)C3)cnc2c1. The minimum Gasteiger partial charge on any atom is -0.352 e. The lowest BCUT2D eigenvalue weighted by molar-refractivity contribution is 0.182. The van der Waals surface area contributed by atoms with Gasteiger partial charge in [-0.05, 0) is 12.1 Å². The van der Waals surface area contributed by atoms with Crippen LogP contribution in [0.25, 0.3) is 11.0 Å². The minimum atomic E-state index is 0.712. The second-order valence-corrected chi connectivity index (χ2v) is 6.65. The van der Waals surface area contributed by atoms with Crippen molar-refractivity contribution < 1.29 is 0 Å². The molecule has 4 nitrogen and oxygen atoms in total. The lowest BCUT2D eigenvalue weighted by atomic mass is 10.1. The van der Waals surface area contributed by atoms with E-state index in [9.17, 15) is 0 Å². The normalized spacial score (nSPS) is 21.1. The fourth-order valence-corrected chi connectivity index (χ4v) is 3.85. The van der Waals surface area contributed by atoms with Crippen LogP contribution in [0.2, 0.25) is 0 Å². The molecule has 2 fully saturated rings. The van der Waals surface area contributed by atoms with Crippen molar-refractivity contribution in [2.24, 2.45) is 0 Å². The lowest BCUT2D eigenvalue weighted by Gasteiger charge is -2.47. The van der Waals surface area contributed by atoms with Crippen LogP contribution in [0.3, 0.4) is 0 Å². The van der Waals surface area contributed by atoms with Crippen LogP contribution in [0.4, 0.5) is 5.82 Å². The summed E-state index contributed by atoms with van der Waals surface area (Å²) in [5, 5.41) is 0. The van der Waals surface area contributed by atoms with E-state index < -0.39 is 0 Å². The van der Waals surface area contributed by atoms with Gasteiger partial charge < -0.3 is 4.90 Å². The van der Waals surface area contributed by atoms with Crippen LogP contribution in [0.15, 0.2) is 30.5 Å². The van der Waals surface area contributed by atoms with E-state index in [0.29, 0.717) is 6.04 Å². The van der Waals surface area contributed by atoms with E-state index in [0.717, 1.165) is 29.9 Å². The minimum absolute atomic E-state index is 0.712. The van der Waals surface area contributed by atoms with Crippen molar-refractivity contribution in [2.45, 2.75) is 6.04 Å². The number of fused-ring (bicyclic) bond motifs is 1. The summed E-state index contributed by atoms with van der Waals surface area (Å²) < 4.78 is 0. The third-order valence-electron chi connectivity index (χ3n) is 4.18. The van der Waals surface area contributed by atoms with Gasteiger partial charge in [0.1, 0.15) is 5.82 Å². The van der Waals surface area contributed by atoms with E-state index in [2.05, 4.69) is 26.5 Å². The van der Waals surface area contributed by atoms with Crippen LogP contribution in [-0.4, -0.2) is 58.6 Å². The average Bonchev–Trinajstić information content (AvgIpc) is 2.47. The van der Waals surface area contributed by atoms with Crippen LogP contribution in [-0.2, 0) is 0 Å². The lowest BCUT2D eigenvalue weighted by Crippen LogP contribution is -2.61. The van der Waals surface area contributed by atoms with Gasteiger partial charge in [-0.1, -0.05) is 12.1 Å². The molecule has 0 atom stereocenters. The Morgan fingerprint density at radius 2 is 1.80 bits per heavy atom. The first kappa shape index (κ1) is 12.4. The molecule has 0 amide bonds. The maximum absolute atomic E-state index is 4.72. The molecule has 1 aromatic heterocycles. The Hall–Kier alpha value is -1.33. The summed E-state index contributed by atoms with van der Waals surface area (Å²) in [6, 6.07) is 8.78. The molecule has 0 spiro atoms. The predicted octanol–water partition coefficient (Wildman–Crippen LogP) is 1.87. The zero-order chi connectivity index (χ0) is 13.4. The van der Waals surface area contributed by atoms with Crippen molar-refractivity contribution in [1.29, 1.82) is 0 Å². The molecule has 0 N–H and O–H groups in total. The Morgan fingerprint density at radius 3 is 2.60 bits per heavy atom. The Bertz CT molecular complexity index is 606. The Balaban J connectivity index is 1.46. The fraction of sp³-hybridized carbons (Fsp3) is 0.467. The maximum Gasteiger partial charge on any atom is 0.147 e. The molecule has 4 rings (SSSR count). The van der Waals surface area contributed by atoms with Crippen molar-refractivity contribution in [3.8, 4) is 0 Å². The number of rotatable bonds is 2. The van der Waals surface area contributed by atoms with Gasteiger partial charge in [0.15, 0.2) is 0 Å². The maximum atomic E-state index is 4.72. The van der Waals surface area contributed by atoms with Crippen molar-refractivity contribution in [1.82, 2.24) is 14.9 Å². The smallest absolute Gasteiger partial charge is 0.147 e. The highest BCUT2D eigenvalue weighted by Gasteiger charge is 2.33. The molecule has 0 aliphatic carbocycles. The van der Waals surface area contributed by atoms with Gasteiger partial charge in [0, 0.05) is 43.7 Å². The molecular formula is C15H18N4S. The molecule has 2 aliphatic rings. The first-order valence-corrected chi connectivity index (χ1v) is 8.34. The quantitative estimate of drug-likeness (QED) is 0.841. The number of anilines is 1. The number of nitrogens with zero attached hydrogens (tertiary/aromatic N) is 4. The standard InChI is InChI=1S/C15H18N4S/c1-2-4-14-13(3-1)16-9-15(17-14)19-10-12(11-19)18-5-7-20-8-6-18/h1-4,9,12H,5-8,10-11H2. The van der Waals surface area contributed by atoms with Crippen LogP contribution >= 0.6 is 11.8 Å². The van der Waals surface area contributed by atoms with Crippen molar-refractivity contribution in [2.75, 3.05) is 42.6 Å². The number of thioether (sulfide) groups is 1. The van der Waals surface area contributed by atoms with Crippen molar-refractivity contribution >= 4 is 28.6 Å². The predicted molar refractivity (Wildman–Crippen MR) is 84.4 cm³/mol. The highest BCUT2D eigenvalue weighted by atomic mass is 32.2. The molecule has 0 saturated carbocycles. The number of hydrogen-bond acceptors (Lipinski definition) is 5. The van der Waals surface area contributed by atoms with Crippen LogP contribution in [0, 0.1) is 0 Å². The molecule has 2 saturated heterocycles. The Morgan fingerprint density at radius 1 is 1.05 bits per heavy atom. The summed E-state index contributed by atoms with van der Waals surface area (Å²) in [7, 11) is 0. The summed E-state index contributed by atoms with van der Waals surface area (Å²) >= 11 is 2.07. The number of aromatic nitrogens is 2. The van der Waals surface area contributed by atoms with Gasteiger partial charge in [-0.3, -0.25) is 9.88 Å². The average molecular weight is 286 g/mol. The molecule has 0 radical (unpaired) electrons. The summed E-state index contributed by atoms with van der Waals surface area (Å²) in [6.07, 6.45) is 1.91. The van der Waals surface area contributed by atoms with E-state index in [1.54, 1.807) is 0 Å². The number of hydrogen-bond donors (Lipinski definition) is 0. The molecule has 104 valence electrons. The third kappa shape index (κ3) is 2.25. The first-order chi connectivity index (χ1) is 9.90. The monoisotopic (exact) mass is 286 g/mol. The second-order valence-electron chi connectivity index (χ2n) is 5.42. The highest BCUT2D eigenvalue weighted by molar-refractivity contribution is 7.99. The van der Waals surface area contributed by atoms with Crippen LogP contribution in [0.1, 0.15) is 0 Å². The second kappa shape index (κ2) is 5.22. The topological polar surface area (TPSA) is 32.3 Å². The van der Waals surface area contributed by atoms with Gasteiger partial charge in [0.25, 0.3) is 0 Å². The van der Waals surface area contributed by atoms with Crippen molar-refractivity contribution in [3.05, 3.63) is 30.5 Å². The number of benzene rings is 1. The molecular weight excluding hydrogens is 268 g/mol. The molecule has 0 bridgehead atoms. The van der Waals surface area contributed by atoms with E-state index >= 15 is 0 Å². The van der Waals surface area contributed by atoms with E-state index in [1.807, 2.05) is 30.5 Å². The van der Waals surface area contributed by atoms with Gasteiger partial charge >= 0.3 is 0 Å². The van der Waals surface area contributed by atoms with E-state index in [1.165, 1.54) is 24.6 Å². The van der Waals surface area contributed by atoms with E-state index in [-0.39, 0.29) is 0 Å². The first-order valence-electron chi connectivity index (χ1n) is 7.19. The third-order valence-corrected chi connectivity index (χ3v) is 5.13. The molecule has 0 unspecified atom stereocenters. The largest absolute Gasteiger partial charge is 0.352 e. The fourth-order valence-electron chi connectivity index (χ4n) is 2.92. The highest BCUT2D eigenvalue weighted by Crippen LogP contribution is 2.24. The van der Waals surface area contributed by atoms with Crippen LogP contribution < -0.4 is 4.90 Å². The molecule has 2 aromatic rings. The van der Waals surface area contributed by atoms with Gasteiger partial charge in [0.2, 0.25) is 0 Å². The van der Waals surface area contributed by atoms with Gasteiger partial charge in [0.05, 0.1) is 17.2 Å². The summed E-state index contributed by atoms with van der Waals surface area (Å²) in [5.74, 6) is 3.59. The summed E-state index contributed by atoms with van der Waals surface area (Å²) in [5.41, 5.74) is 1.96. The number of para-hydroxylation sites is 2. The molecule has 2 aliphatic heterocycles. The van der Waals surface area contributed by atoms with Gasteiger partial charge in [-0.2, -0.15) is 11.8 Å². The molecule has 20 heavy (non-hydrogen) atoms. The molecule has 5 heteroatoms. The summed E-state index contributed by atoms with van der Waals surface area (Å²) in [6.45, 7) is 4.68. The molecule has 3 heterocycles. The Labute approximate surface area is 123 Å². The Kier molecular flexibility index (Phi) is 3.24. The summed E-state index contributed by atoms with van der Waals surface area (Å²) in [4.78, 5) is 14.2. The molecule has 1 aromatic carbocycles. The van der Waals surface area contributed by atoms with Gasteiger partial charge in [-0.25, -0.2) is 4.98 Å².